The number of hydrogen-bond acceptors (Lipinski definition) is 2. The van der Waals surface area contributed by atoms with Crippen molar-refractivity contribution in [3.05, 3.63) is 29.3 Å². The molecular formula is C12H12F3NO. The quantitative estimate of drug-likeness (QED) is 0.809. The van der Waals surface area contributed by atoms with Crippen molar-refractivity contribution in [1.29, 1.82) is 0 Å². The minimum Gasteiger partial charge on any atom is -0.496 e. The first-order valence-electron chi connectivity index (χ1n) is 4.93. The maximum absolute atomic E-state index is 12.5. The van der Waals surface area contributed by atoms with Crippen LogP contribution in [0.4, 0.5) is 13.2 Å². The normalized spacial score (nSPS) is 10.6. The summed E-state index contributed by atoms with van der Waals surface area (Å²) in [4.78, 5) is 0. The van der Waals surface area contributed by atoms with Crippen molar-refractivity contribution in [1.82, 2.24) is 0 Å². The molecule has 0 saturated heterocycles. The molecule has 0 bridgehead atoms. The average Bonchev–Trinajstić information content (AvgIpc) is 2.28. The van der Waals surface area contributed by atoms with Gasteiger partial charge in [-0.25, -0.2) is 0 Å². The van der Waals surface area contributed by atoms with Crippen LogP contribution in [0.3, 0.4) is 0 Å². The molecular weight excluding hydrogens is 231 g/mol. The van der Waals surface area contributed by atoms with Crippen LogP contribution in [0, 0.1) is 11.8 Å². The number of alkyl halides is 3. The molecule has 2 nitrogen and oxygen atoms in total. The number of methoxy groups -OCH3 is 1. The standard InChI is InChI=1S/C12H12F3NO/c1-17-11-8-9(4-2-3-7-16)5-6-10(11)12(13,14)15/h5-6,8H,3,7,16H2,1H3. The van der Waals surface area contributed by atoms with Crippen molar-refractivity contribution < 1.29 is 17.9 Å². The highest BCUT2D eigenvalue weighted by Crippen LogP contribution is 2.36. The van der Waals surface area contributed by atoms with E-state index in [-0.39, 0.29) is 5.75 Å². The molecule has 92 valence electrons. The van der Waals surface area contributed by atoms with Crippen LogP contribution in [0.5, 0.6) is 5.75 Å². The van der Waals surface area contributed by atoms with E-state index in [1.54, 1.807) is 0 Å². The molecule has 0 spiro atoms. The van der Waals surface area contributed by atoms with Gasteiger partial charge in [-0.1, -0.05) is 11.8 Å². The molecule has 5 heteroatoms. The van der Waals surface area contributed by atoms with E-state index in [9.17, 15) is 13.2 Å². The molecule has 0 aromatic heterocycles. The highest BCUT2D eigenvalue weighted by Gasteiger charge is 2.34. The lowest BCUT2D eigenvalue weighted by Crippen LogP contribution is -2.07. The van der Waals surface area contributed by atoms with Gasteiger partial charge in [0.15, 0.2) is 0 Å². The van der Waals surface area contributed by atoms with Gasteiger partial charge in [0.2, 0.25) is 0 Å². The molecule has 0 fully saturated rings. The van der Waals surface area contributed by atoms with Crippen LogP contribution in [-0.4, -0.2) is 13.7 Å². The average molecular weight is 243 g/mol. The summed E-state index contributed by atoms with van der Waals surface area (Å²) in [5.41, 5.74) is 4.93. The lowest BCUT2D eigenvalue weighted by atomic mass is 10.1. The van der Waals surface area contributed by atoms with E-state index in [1.807, 2.05) is 0 Å². The van der Waals surface area contributed by atoms with Gasteiger partial charge >= 0.3 is 6.18 Å². The van der Waals surface area contributed by atoms with Crippen LogP contribution in [0.2, 0.25) is 0 Å². The van der Waals surface area contributed by atoms with E-state index >= 15 is 0 Å². The summed E-state index contributed by atoms with van der Waals surface area (Å²) >= 11 is 0. The number of hydrogen-bond donors (Lipinski definition) is 1. The first-order chi connectivity index (χ1) is 7.99. The maximum atomic E-state index is 12.5. The summed E-state index contributed by atoms with van der Waals surface area (Å²) in [5, 5.41) is 0. The Morgan fingerprint density at radius 2 is 2.06 bits per heavy atom. The maximum Gasteiger partial charge on any atom is 0.419 e. The van der Waals surface area contributed by atoms with Gasteiger partial charge in [0.25, 0.3) is 0 Å². The molecule has 0 saturated carbocycles. The summed E-state index contributed by atoms with van der Waals surface area (Å²) in [6, 6.07) is 3.55. The van der Waals surface area contributed by atoms with E-state index in [0.29, 0.717) is 18.5 Å². The zero-order valence-corrected chi connectivity index (χ0v) is 9.27. The second-order valence-electron chi connectivity index (χ2n) is 3.25. The fourth-order valence-corrected chi connectivity index (χ4v) is 1.24. The predicted octanol–water partition coefficient (Wildman–Crippen LogP) is 2.41. The van der Waals surface area contributed by atoms with E-state index in [1.165, 1.54) is 19.2 Å². The summed E-state index contributed by atoms with van der Waals surface area (Å²) in [6.07, 6.45) is -3.92. The fourth-order valence-electron chi connectivity index (χ4n) is 1.24. The highest BCUT2D eigenvalue weighted by atomic mass is 19.4. The Labute approximate surface area is 97.6 Å². The van der Waals surface area contributed by atoms with Crippen LogP contribution in [0.15, 0.2) is 18.2 Å². The van der Waals surface area contributed by atoms with Crippen molar-refractivity contribution in [3.63, 3.8) is 0 Å². The third-order valence-electron chi connectivity index (χ3n) is 2.01. The smallest absolute Gasteiger partial charge is 0.419 e. The molecule has 0 unspecified atom stereocenters. The molecule has 0 heterocycles. The Morgan fingerprint density at radius 3 is 2.59 bits per heavy atom. The van der Waals surface area contributed by atoms with E-state index < -0.39 is 11.7 Å². The zero-order valence-electron chi connectivity index (χ0n) is 9.27. The highest BCUT2D eigenvalue weighted by molar-refractivity contribution is 5.45. The van der Waals surface area contributed by atoms with Crippen LogP contribution in [0.25, 0.3) is 0 Å². The van der Waals surface area contributed by atoms with Crippen LogP contribution >= 0.6 is 0 Å². The molecule has 2 N–H and O–H groups in total. The number of rotatable bonds is 2. The van der Waals surface area contributed by atoms with E-state index in [4.69, 9.17) is 10.5 Å². The van der Waals surface area contributed by atoms with Gasteiger partial charge in [-0.2, -0.15) is 13.2 Å². The molecule has 1 rings (SSSR count). The molecule has 17 heavy (non-hydrogen) atoms. The lowest BCUT2D eigenvalue weighted by molar-refractivity contribution is -0.138. The Hall–Kier alpha value is -1.67. The van der Waals surface area contributed by atoms with Gasteiger partial charge in [0.1, 0.15) is 5.75 Å². The first kappa shape index (κ1) is 13.4. The van der Waals surface area contributed by atoms with Crippen LogP contribution in [0.1, 0.15) is 17.5 Å². The van der Waals surface area contributed by atoms with Gasteiger partial charge in [0, 0.05) is 18.5 Å². The minimum absolute atomic E-state index is 0.225. The fraction of sp³-hybridized carbons (Fsp3) is 0.333. The molecule has 1 aromatic rings. The van der Waals surface area contributed by atoms with Gasteiger partial charge in [-0.15, -0.1) is 0 Å². The summed E-state index contributed by atoms with van der Waals surface area (Å²) in [5.74, 6) is 5.25. The molecule has 0 amide bonds. The summed E-state index contributed by atoms with van der Waals surface area (Å²) < 4.78 is 42.3. The number of benzene rings is 1. The second kappa shape index (κ2) is 5.60. The third kappa shape index (κ3) is 3.68. The Balaban J connectivity index is 3.06. The largest absolute Gasteiger partial charge is 0.496 e. The minimum atomic E-state index is -4.42. The topological polar surface area (TPSA) is 35.2 Å². The van der Waals surface area contributed by atoms with Crippen molar-refractivity contribution in [2.24, 2.45) is 5.73 Å². The van der Waals surface area contributed by atoms with Gasteiger partial charge in [-0.05, 0) is 18.2 Å². The van der Waals surface area contributed by atoms with Gasteiger partial charge in [0.05, 0.1) is 12.7 Å². The van der Waals surface area contributed by atoms with Crippen molar-refractivity contribution in [2.45, 2.75) is 12.6 Å². The first-order valence-corrected chi connectivity index (χ1v) is 4.93. The van der Waals surface area contributed by atoms with Gasteiger partial charge < -0.3 is 10.5 Å². The molecule has 0 aliphatic heterocycles. The second-order valence-corrected chi connectivity index (χ2v) is 3.25. The van der Waals surface area contributed by atoms with Crippen LogP contribution < -0.4 is 10.5 Å². The third-order valence-corrected chi connectivity index (χ3v) is 2.01. The summed E-state index contributed by atoms with van der Waals surface area (Å²) in [6.45, 7) is 0.421. The van der Waals surface area contributed by atoms with Gasteiger partial charge in [-0.3, -0.25) is 0 Å². The Morgan fingerprint density at radius 1 is 1.35 bits per heavy atom. The molecule has 0 aliphatic rings. The van der Waals surface area contributed by atoms with Crippen molar-refractivity contribution in [2.75, 3.05) is 13.7 Å². The SMILES string of the molecule is COc1cc(C#CCCN)ccc1C(F)(F)F. The predicted molar refractivity (Wildman–Crippen MR) is 58.5 cm³/mol. The zero-order chi connectivity index (χ0) is 12.9. The van der Waals surface area contributed by atoms with E-state index in [0.717, 1.165) is 6.07 Å². The monoisotopic (exact) mass is 243 g/mol. The molecule has 0 radical (unpaired) electrons. The molecule has 0 atom stereocenters. The number of nitrogens with two attached hydrogens (primary N) is 1. The van der Waals surface area contributed by atoms with Crippen LogP contribution in [-0.2, 0) is 6.18 Å². The lowest BCUT2D eigenvalue weighted by Gasteiger charge is -2.11. The Bertz CT molecular complexity index is 443. The Kier molecular flexibility index (Phi) is 4.41. The molecule has 1 aromatic carbocycles. The van der Waals surface area contributed by atoms with Crippen molar-refractivity contribution >= 4 is 0 Å². The van der Waals surface area contributed by atoms with Crippen molar-refractivity contribution in [3.8, 4) is 17.6 Å². The summed E-state index contributed by atoms with van der Waals surface area (Å²) in [7, 11) is 1.20. The number of halogens is 3. The van der Waals surface area contributed by atoms with E-state index in [2.05, 4.69) is 11.8 Å². The number of ether oxygens (including phenoxy) is 1. The molecule has 0 aliphatic carbocycles.